The number of ether oxygens (including phenoxy) is 2. The predicted octanol–water partition coefficient (Wildman–Crippen LogP) is 3.75. The molecule has 33 heavy (non-hydrogen) atoms. The van der Waals surface area contributed by atoms with Crippen LogP contribution in [0, 0.1) is 0 Å². The Kier molecular flexibility index (Phi) is 6.59. The summed E-state index contributed by atoms with van der Waals surface area (Å²) in [5, 5.41) is 0. The molecule has 0 aliphatic rings. The van der Waals surface area contributed by atoms with Gasteiger partial charge < -0.3 is 9.47 Å². The fraction of sp³-hybridized carbons (Fsp3) is 0.154. The molecule has 4 rings (SSSR count). The summed E-state index contributed by atoms with van der Waals surface area (Å²) in [6.45, 7) is -0.343. The number of nitrogens with zero attached hydrogens (tertiary/aromatic N) is 2. The third kappa shape index (κ3) is 4.98. The average molecular weight is 442 g/mol. The Morgan fingerprint density at radius 1 is 0.909 bits per heavy atom. The number of para-hydroxylation sites is 2. The van der Waals surface area contributed by atoms with Gasteiger partial charge in [0.1, 0.15) is 11.4 Å². The van der Waals surface area contributed by atoms with Crippen molar-refractivity contribution in [3.05, 3.63) is 100 Å². The van der Waals surface area contributed by atoms with E-state index in [9.17, 15) is 14.4 Å². The van der Waals surface area contributed by atoms with Crippen molar-refractivity contribution in [2.75, 3.05) is 13.7 Å². The Hall–Kier alpha value is -4.26. The molecule has 3 aromatic carbocycles. The summed E-state index contributed by atoms with van der Waals surface area (Å²) in [4.78, 5) is 42.1. The van der Waals surface area contributed by atoms with E-state index in [0.29, 0.717) is 28.0 Å². The van der Waals surface area contributed by atoms with Crippen molar-refractivity contribution >= 4 is 22.8 Å². The molecule has 0 atom stereocenters. The number of rotatable bonds is 8. The molecule has 0 bridgehead atoms. The summed E-state index contributed by atoms with van der Waals surface area (Å²) in [6.07, 6.45) is 0.0312. The Bertz CT molecular complexity index is 1340. The Morgan fingerprint density at radius 3 is 2.33 bits per heavy atom. The lowest BCUT2D eigenvalue weighted by molar-refractivity contribution is -0.142. The molecule has 0 amide bonds. The second-order valence-electron chi connectivity index (χ2n) is 7.34. The zero-order valence-electron chi connectivity index (χ0n) is 18.1. The van der Waals surface area contributed by atoms with E-state index in [1.54, 1.807) is 66.3 Å². The zero-order valence-corrected chi connectivity index (χ0v) is 18.1. The SMILES string of the molecule is COc1ccc(-n2c(=O)c(CCC(=O)OCC(=O)c3ccccc3)nc3ccccc32)cc1. The van der Waals surface area contributed by atoms with Gasteiger partial charge in [-0.2, -0.15) is 0 Å². The van der Waals surface area contributed by atoms with Gasteiger partial charge >= 0.3 is 5.97 Å². The van der Waals surface area contributed by atoms with Crippen LogP contribution in [0.4, 0.5) is 0 Å². The first-order valence-corrected chi connectivity index (χ1v) is 10.5. The third-order valence-electron chi connectivity index (χ3n) is 5.18. The van der Waals surface area contributed by atoms with Gasteiger partial charge in [-0.15, -0.1) is 0 Å². The van der Waals surface area contributed by atoms with E-state index < -0.39 is 5.97 Å². The normalized spacial score (nSPS) is 10.7. The molecule has 0 saturated heterocycles. The van der Waals surface area contributed by atoms with Gasteiger partial charge in [0.25, 0.3) is 5.56 Å². The third-order valence-corrected chi connectivity index (χ3v) is 5.18. The first-order chi connectivity index (χ1) is 16.1. The molecule has 4 aromatic rings. The van der Waals surface area contributed by atoms with E-state index in [1.807, 2.05) is 24.3 Å². The lowest BCUT2D eigenvalue weighted by atomic mass is 10.1. The van der Waals surface area contributed by atoms with E-state index in [4.69, 9.17) is 9.47 Å². The quantitative estimate of drug-likeness (QED) is 0.305. The van der Waals surface area contributed by atoms with E-state index in [0.717, 1.165) is 0 Å². The standard InChI is InChI=1S/C26H22N2O5/c1-32-20-13-11-19(12-14-20)28-23-10-6-5-9-21(23)27-22(26(28)31)15-16-25(30)33-17-24(29)18-7-3-2-4-8-18/h2-14H,15-17H2,1H3. The van der Waals surface area contributed by atoms with Gasteiger partial charge in [-0.05, 0) is 36.4 Å². The molecule has 0 saturated carbocycles. The molecule has 7 heteroatoms. The minimum absolute atomic E-state index is 0.0642. The van der Waals surface area contributed by atoms with Crippen molar-refractivity contribution < 1.29 is 19.1 Å². The molecule has 1 aromatic heterocycles. The Balaban J connectivity index is 1.53. The van der Waals surface area contributed by atoms with Crippen LogP contribution in [-0.4, -0.2) is 35.0 Å². The minimum Gasteiger partial charge on any atom is -0.497 e. The molecule has 0 radical (unpaired) electrons. The topological polar surface area (TPSA) is 87.5 Å². The van der Waals surface area contributed by atoms with Crippen LogP contribution in [0.3, 0.4) is 0 Å². The van der Waals surface area contributed by atoms with Crippen molar-refractivity contribution in [3.63, 3.8) is 0 Å². The fourth-order valence-electron chi connectivity index (χ4n) is 3.48. The first-order valence-electron chi connectivity index (χ1n) is 10.5. The molecule has 166 valence electrons. The van der Waals surface area contributed by atoms with E-state index >= 15 is 0 Å². The number of aromatic nitrogens is 2. The maximum Gasteiger partial charge on any atom is 0.306 e. The summed E-state index contributed by atoms with van der Waals surface area (Å²) in [6, 6.07) is 23.1. The molecule has 0 spiro atoms. The molecule has 0 aliphatic heterocycles. The van der Waals surface area contributed by atoms with Crippen LogP contribution >= 0.6 is 0 Å². The Labute approximate surface area is 190 Å². The molecule has 1 heterocycles. The van der Waals surface area contributed by atoms with Crippen LogP contribution in [-0.2, 0) is 16.0 Å². The van der Waals surface area contributed by atoms with Crippen molar-refractivity contribution in [2.24, 2.45) is 0 Å². The minimum atomic E-state index is -0.565. The predicted molar refractivity (Wildman–Crippen MR) is 124 cm³/mol. The van der Waals surface area contributed by atoms with E-state index in [-0.39, 0.29) is 36.5 Å². The number of fused-ring (bicyclic) bond motifs is 1. The van der Waals surface area contributed by atoms with Gasteiger partial charge in [0.05, 0.1) is 24.6 Å². The van der Waals surface area contributed by atoms with Gasteiger partial charge in [0.2, 0.25) is 0 Å². The largest absolute Gasteiger partial charge is 0.497 e. The van der Waals surface area contributed by atoms with Gasteiger partial charge in [-0.3, -0.25) is 19.0 Å². The lowest BCUT2D eigenvalue weighted by Crippen LogP contribution is -2.25. The van der Waals surface area contributed by atoms with Crippen LogP contribution in [0.1, 0.15) is 22.5 Å². The molecule has 0 aliphatic carbocycles. The Morgan fingerprint density at radius 2 is 1.61 bits per heavy atom. The van der Waals surface area contributed by atoms with Crippen LogP contribution in [0.25, 0.3) is 16.7 Å². The molecule has 7 nitrogen and oxygen atoms in total. The fourth-order valence-corrected chi connectivity index (χ4v) is 3.48. The zero-order chi connectivity index (χ0) is 23.2. The highest BCUT2D eigenvalue weighted by molar-refractivity contribution is 5.97. The van der Waals surface area contributed by atoms with Crippen LogP contribution in [0.5, 0.6) is 5.75 Å². The van der Waals surface area contributed by atoms with Crippen LogP contribution in [0.2, 0.25) is 0 Å². The number of esters is 1. The molecule has 0 N–H and O–H groups in total. The second kappa shape index (κ2) is 9.91. The number of hydrogen-bond donors (Lipinski definition) is 0. The average Bonchev–Trinajstić information content (AvgIpc) is 2.86. The first kappa shape index (κ1) is 22.0. The van der Waals surface area contributed by atoms with Gasteiger partial charge in [0.15, 0.2) is 12.4 Å². The summed E-state index contributed by atoms with van der Waals surface area (Å²) >= 11 is 0. The van der Waals surface area contributed by atoms with Gasteiger partial charge in [0, 0.05) is 17.7 Å². The molecule has 0 unspecified atom stereocenters. The number of benzene rings is 3. The maximum absolute atomic E-state index is 13.3. The smallest absolute Gasteiger partial charge is 0.306 e. The van der Waals surface area contributed by atoms with Crippen molar-refractivity contribution in [1.29, 1.82) is 0 Å². The number of carbonyl (C=O) groups is 2. The van der Waals surface area contributed by atoms with Gasteiger partial charge in [-0.25, -0.2) is 4.98 Å². The number of Topliss-reactive ketones (excluding diaryl/α,β-unsaturated/α-hetero) is 1. The number of hydrogen-bond acceptors (Lipinski definition) is 6. The molecular weight excluding hydrogens is 420 g/mol. The van der Waals surface area contributed by atoms with Crippen molar-refractivity contribution in [2.45, 2.75) is 12.8 Å². The van der Waals surface area contributed by atoms with Crippen molar-refractivity contribution in [1.82, 2.24) is 9.55 Å². The summed E-state index contributed by atoms with van der Waals surface area (Å²) in [5.74, 6) is -0.169. The molecular formula is C26H22N2O5. The maximum atomic E-state index is 13.3. The highest BCUT2D eigenvalue weighted by atomic mass is 16.5. The second-order valence-corrected chi connectivity index (χ2v) is 7.34. The number of carbonyl (C=O) groups excluding carboxylic acids is 2. The van der Waals surface area contributed by atoms with Crippen LogP contribution < -0.4 is 10.3 Å². The monoisotopic (exact) mass is 442 g/mol. The molecule has 0 fully saturated rings. The highest BCUT2D eigenvalue weighted by Gasteiger charge is 2.15. The summed E-state index contributed by atoms with van der Waals surface area (Å²) in [5.41, 5.74) is 2.37. The number of methoxy groups -OCH3 is 1. The van der Waals surface area contributed by atoms with E-state index in [1.165, 1.54) is 0 Å². The highest BCUT2D eigenvalue weighted by Crippen LogP contribution is 2.19. The van der Waals surface area contributed by atoms with Gasteiger partial charge in [-0.1, -0.05) is 42.5 Å². The van der Waals surface area contributed by atoms with E-state index in [2.05, 4.69) is 4.98 Å². The number of aryl methyl sites for hydroxylation is 1. The number of ketones is 1. The summed E-state index contributed by atoms with van der Waals surface area (Å²) in [7, 11) is 1.58. The van der Waals surface area contributed by atoms with Crippen molar-refractivity contribution in [3.8, 4) is 11.4 Å². The lowest BCUT2D eigenvalue weighted by Gasteiger charge is -2.13. The van der Waals surface area contributed by atoms with Crippen LogP contribution in [0.15, 0.2) is 83.7 Å². The summed E-state index contributed by atoms with van der Waals surface area (Å²) < 4.78 is 11.9.